The van der Waals surface area contributed by atoms with Gasteiger partial charge in [-0.1, -0.05) is 12.1 Å². The van der Waals surface area contributed by atoms with E-state index in [-0.39, 0.29) is 19.0 Å². The Kier molecular flexibility index (Phi) is 5.02. The Morgan fingerprint density at radius 2 is 2.04 bits per heavy atom. The highest BCUT2D eigenvalue weighted by Crippen LogP contribution is 2.24. The van der Waals surface area contributed by atoms with Crippen LogP contribution in [0, 0.1) is 17.1 Å². The maximum absolute atomic E-state index is 13.0. The molecule has 0 unspecified atom stereocenters. The standard InChI is InChI=1S/C18H15FN4O2/c19-16-3-1-13(2-4-16)12-25-18-15(6-8-24)11-22-23(18)17-9-14(10-20)5-7-21-17/h1-5,7,9,11,24H,6,8,12H2. The molecule has 0 spiro atoms. The third kappa shape index (κ3) is 3.82. The van der Waals surface area contributed by atoms with Crippen molar-refractivity contribution in [3.05, 3.63) is 71.3 Å². The minimum absolute atomic E-state index is 0.0513. The molecule has 0 saturated carbocycles. The van der Waals surface area contributed by atoms with Gasteiger partial charge >= 0.3 is 0 Å². The maximum atomic E-state index is 13.0. The van der Waals surface area contributed by atoms with E-state index in [0.717, 1.165) is 5.56 Å². The predicted molar refractivity (Wildman–Crippen MR) is 87.6 cm³/mol. The first kappa shape index (κ1) is 16.6. The Hall–Kier alpha value is -3.24. The van der Waals surface area contributed by atoms with E-state index >= 15 is 0 Å². The number of nitriles is 1. The number of halogens is 1. The molecule has 0 aliphatic carbocycles. The molecule has 0 bridgehead atoms. The Bertz CT molecular complexity index is 900. The molecular weight excluding hydrogens is 323 g/mol. The van der Waals surface area contributed by atoms with Crippen LogP contribution in [-0.2, 0) is 13.0 Å². The van der Waals surface area contributed by atoms with Gasteiger partial charge in [0, 0.05) is 30.9 Å². The largest absolute Gasteiger partial charge is 0.472 e. The van der Waals surface area contributed by atoms with Crippen LogP contribution >= 0.6 is 0 Å². The van der Waals surface area contributed by atoms with Crippen molar-refractivity contribution >= 4 is 0 Å². The zero-order chi connectivity index (χ0) is 17.6. The van der Waals surface area contributed by atoms with Crippen molar-refractivity contribution in [2.24, 2.45) is 0 Å². The van der Waals surface area contributed by atoms with Crippen LogP contribution in [0.1, 0.15) is 16.7 Å². The second kappa shape index (κ2) is 7.55. The number of nitrogens with zero attached hydrogens (tertiary/aromatic N) is 4. The van der Waals surface area contributed by atoms with Crippen LogP contribution in [0.2, 0.25) is 0 Å². The average Bonchev–Trinajstić information content (AvgIpc) is 3.04. The molecule has 1 N–H and O–H groups in total. The van der Waals surface area contributed by atoms with Gasteiger partial charge in [-0.15, -0.1) is 0 Å². The quantitative estimate of drug-likeness (QED) is 0.746. The Balaban J connectivity index is 1.91. The lowest BCUT2D eigenvalue weighted by Gasteiger charge is -2.11. The van der Waals surface area contributed by atoms with E-state index in [4.69, 9.17) is 10.00 Å². The van der Waals surface area contributed by atoms with Crippen LogP contribution < -0.4 is 4.74 Å². The van der Waals surface area contributed by atoms with Crippen molar-refractivity contribution in [3.8, 4) is 17.8 Å². The molecule has 0 aliphatic rings. The summed E-state index contributed by atoms with van der Waals surface area (Å²) in [6.07, 6.45) is 3.48. The molecule has 0 radical (unpaired) electrons. The van der Waals surface area contributed by atoms with Gasteiger partial charge in [0.25, 0.3) is 0 Å². The second-order valence-electron chi connectivity index (χ2n) is 5.29. The summed E-state index contributed by atoms with van der Waals surface area (Å²) in [6, 6.07) is 11.2. The van der Waals surface area contributed by atoms with Gasteiger partial charge in [0.05, 0.1) is 17.8 Å². The van der Waals surface area contributed by atoms with E-state index in [1.165, 1.54) is 23.0 Å². The number of ether oxygens (including phenoxy) is 1. The molecular formula is C18H15FN4O2. The minimum Gasteiger partial charge on any atom is -0.472 e. The Labute approximate surface area is 143 Å². The normalized spacial score (nSPS) is 10.4. The first-order valence-electron chi connectivity index (χ1n) is 7.63. The van der Waals surface area contributed by atoms with Crippen molar-refractivity contribution in [2.45, 2.75) is 13.0 Å². The number of hydrogen-bond acceptors (Lipinski definition) is 5. The third-order valence-corrected chi connectivity index (χ3v) is 3.56. The van der Waals surface area contributed by atoms with Gasteiger partial charge < -0.3 is 9.84 Å². The molecule has 6 nitrogen and oxygen atoms in total. The first-order chi connectivity index (χ1) is 12.2. The number of rotatable bonds is 6. The smallest absolute Gasteiger partial charge is 0.221 e. The lowest BCUT2D eigenvalue weighted by molar-refractivity contribution is 0.271. The summed E-state index contributed by atoms with van der Waals surface area (Å²) in [6.45, 7) is 0.159. The highest BCUT2D eigenvalue weighted by atomic mass is 19.1. The van der Waals surface area contributed by atoms with E-state index in [1.807, 2.05) is 0 Å². The van der Waals surface area contributed by atoms with Crippen LogP contribution in [0.4, 0.5) is 4.39 Å². The average molecular weight is 338 g/mol. The zero-order valence-corrected chi connectivity index (χ0v) is 13.3. The molecule has 7 heteroatoms. The van der Waals surface area contributed by atoms with Crippen LogP contribution in [0.3, 0.4) is 0 Å². The summed E-state index contributed by atoms with van der Waals surface area (Å²) >= 11 is 0. The predicted octanol–water partition coefficient (Wildman–Crippen LogP) is 2.39. The molecule has 1 aromatic carbocycles. The number of aliphatic hydroxyl groups is 1. The molecule has 2 aromatic heterocycles. The first-order valence-corrected chi connectivity index (χ1v) is 7.63. The SMILES string of the molecule is N#Cc1ccnc(-n2ncc(CCO)c2OCc2ccc(F)cc2)c1. The fourth-order valence-corrected chi connectivity index (χ4v) is 2.32. The van der Waals surface area contributed by atoms with E-state index in [9.17, 15) is 9.50 Å². The van der Waals surface area contributed by atoms with Crippen LogP contribution in [0.25, 0.3) is 5.82 Å². The molecule has 2 heterocycles. The Morgan fingerprint density at radius 3 is 2.76 bits per heavy atom. The van der Waals surface area contributed by atoms with Gasteiger partial charge in [0.1, 0.15) is 12.4 Å². The summed E-state index contributed by atoms with van der Waals surface area (Å²) < 4.78 is 20.3. The highest BCUT2D eigenvalue weighted by Gasteiger charge is 2.15. The fourth-order valence-electron chi connectivity index (χ4n) is 2.32. The summed E-state index contributed by atoms with van der Waals surface area (Å²) in [4.78, 5) is 4.22. The molecule has 0 amide bonds. The summed E-state index contributed by atoms with van der Waals surface area (Å²) in [5.74, 6) is 0.561. The highest BCUT2D eigenvalue weighted by molar-refractivity contribution is 5.39. The number of aromatic nitrogens is 3. The summed E-state index contributed by atoms with van der Waals surface area (Å²) in [5, 5.41) is 22.5. The second-order valence-corrected chi connectivity index (χ2v) is 5.29. The van der Waals surface area contributed by atoms with Gasteiger partial charge in [0.2, 0.25) is 5.88 Å². The van der Waals surface area contributed by atoms with Gasteiger partial charge in [0.15, 0.2) is 5.82 Å². The van der Waals surface area contributed by atoms with Crippen LogP contribution in [0.5, 0.6) is 5.88 Å². The zero-order valence-electron chi connectivity index (χ0n) is 13.3. The van der Waals surface area contributed by atoms with Gasteiger partial charge in [-0.25, -0.2) is 9.37 Å². The van der Waals surface area contributed by atoms with E-state index in [0.29, 0.717) is 29.2 Å². The lowest BCUT2D eigenvalue weighted by atomic mass is 10.2. The fraction of sp³-hybridized carbons (Fsp3) is 0.167. The van der Waals surface area contributed by atoms with Crippen LogP contribution in [0.15, 0.2) is 48.8 Å². The van der Waals surface area contributed by atoms with E-state index in [2.05, 4.69) is 16.2 Å². The van der Waals surface area contributed by atoms with Gasteiger partial charge in [-0.05, 0) is 23.8 Å². The summed E-state index contributed by atoms with van der Waals surface area (Å²) in [5.41, 5.74) is 1.96. The van der Waals surface area contributed by atoms with Crippen LogP contribution in [-0.4, -0.2) is 26.5 Å². The Morgan fingerprint density at radius 1 is 1.24 bits per heavy atom. The van der Waals surface area contributed by atoms with Gasteiger partial charge in [-0.2, -0.15) is 15.0 Å². The lowest BCUT2D eigenvalue weighted by Crippen LogP contribution is -2.07. The molecule has 25 heavy (non-hydrogen) atoms. The molecule has 0 atom stereocenters. The molecule has 126 valence electrons. The minimum atomic E-state index is -0.313. The number of hydrogen-bond donors (Lipinski definition) is 1. The van der Waals surface area contributed by atoms with E-state index < -0.39 is 0 Å². The molecule has 0 saturated heterocycles. The maximum Gasteiger partial charge on any atom is 0.221 e. The monoisotopic (exact) mass is 338 g/mol. The van der Waals surface area contributed by atoms with Gasteiger partial charge in [-0.3, -0.25) is 0 Å². The number of pyridine rings is 1. The third-order valence-electron chi connectivity index (χ3n) is 3.56. The van der Waals surface area contributed by atoms with Crippen molar-refractivity contribution in [3.63, 3.8) is 0 Å². The molecule has 3 aromatic rings. The van der Waals surface area contributed by atoms with Crippen molar-refractivity contribution in [1.82, 2.24) is 14.8 Å². The van der Waals surface area contributed by atoms with Crippen molar-refractivity contribution in [2.75, 3.05) is 6.61 Å². The van der Waals surface area contributed by atoms with Crippen molar-refractivity contribution in [1.29, 1.82) is 5.26 Å². The molecule has 3 rings (SSSR count). The summed E-state index contributed by atoms with van der Waals surface area (Å²) in [7, 11) is 0. The van der Waals surface area contributed by atoms with E-state index in [1.54, 1.807) is 30.5 Å². The molecule has 0 aliphatic heterocycles. The van der Waals surface area contributed by atoms with Crippen molar-refractivity contribution < 1.29 is 14.2 Å². The number of benzene rings is 1. The topological polar surface area (TPSA) is 84.0 Å². The molecule has 0 fully saturated rings. The number of aliphatic hydroxyl groups excluding tert-OH is 1.